The lowest BCUT2D eigenvalue weighted by atomic mass is 10.3. The maximum absolute atomic E-state index is 11.5. The molecule has 0 radical (unpaired) electrons. The minimum Gasteiger partial charge on any atom is -0.355 e. The zero-order valence-corrected chi connectivity index (χ0v) is 9.73. The van der Waals surface area contributed by atoms with Gasteiger partial charge in [0.2, 0.25) is 0 Å². The van der Waals surface area contributed by atoms with E-state index >= 15 is 0 Å². The summed E-state index contributed by atoms with van der Waals surface area (Å²) in [7, 11) is 1.91. The summed E-state index contributed by atoms with van der Waals surface area (Å²) < 4.78 is 0. The van der Waals surface area contributed by atoms with Gasteiger partial charge >= 0.3 is 0 Å². The van der Waals surface area contributed by atoms with Crippen LogP contribution in [-0.4, -0.2) is 29.6 Å². The van der Waals surface area contributed by atoms with E-state index in [1.807, 2.05) is 18.9 Å². The van der Waals surface area contributed by atoms with Crippen molar-refractivity contribution in [3.8, 4) is 0 Å². The molecular weight excluding hydrogens is 204 g/mol. The summed E-state index contributed by atoms with van der Waals surface area (Å²) in [5.74, 6) is 1.98. The van der Waals surface area contributed by atoms with E-state index in [1.54, 1.807) is 0 Å². The normalized spacial score (nSPS) is 17.2. The molecule has 1 aliphatic rings. The van der Waals surface area contributed by atoms with Crippen molar-refractivity contribution in [3.05, 3.63) is 22.2 Å². The Kier molecular flexibility index (Phi) is 2.96. The third-order valence-electron chi connectivity index (χ3n) is 3.07. The number of nitrogens with zero attached hydrogens (tertiary/aromatic N) is 2. The molecule has 3 N–H and O–H groups in total. The smallest absolute Gasteiger partial charge is 0.252 e. The number of aromatic amines is 1. The molecular formula is C11H18N4O. The Hall–Kier alpha value is -1.36. The minimum atomic E-state index is -0.0806. The van der Waals surface area contributed by atoms with Gasteiger partial charge in [-0.3, -0.25) is 4.79 Å². The molecule has 1 unspecified atom stereocenters. The van der Waals surface area contributed by atoms with Crippen molar-refractivity contribution in [2.24, 2.45) is 5.73 Å². The second-order valence-corrected chi connectivity index (χ2v) is 4.46. The molecule has 88 valence electrons. The molecule has 16 heavy (non-hydrogen) atoms. The predicted molar refractivity (Wildman–Crippen MR) is 63.8 cm³/mol. The third kappa shape index (κ3) is 2.24. The molecule has 0 bridgehead atoms. The van der Waals surface area contributed by atoms with Crippen LogP contribution in [0.15, 0.2) is 10.9 Å². The van der Waals surface area contributed by atoms with Gasteiger partial charge in [-0.05, 0) is 19.8 Å². The van der Waals surface area contributed by atoms with Crippen LogP contribution in [-0.2, 0) is 0 Å². The molecule has 0 saturated heterocycles. The van der Waals surface area contributed by atoms with E-state index in [0.29, 0.717) is 18.3 Å². The Balaban J connectivity index is 2.29. The van der Waals surface area contributed by atoms with Crippen LogP contribution in [0.1, 0.15) is 31.5 Å². The van der Waals surface area contributed by atoms with Gasteiger partial charge in [0.25, 0.3) is 5.56 Å². The minimum absolute atomic E-state index is 0.0806. The van der Waals surface area contributed by atoms with Crippen molar-refractivity contribution in [2.75, 3.05) is 18.5 Å². The summed E-state index contributed by atoms with van der Waals surface area (Å²) in [5, 5.41) is 0. The second kappa shape index (κ2) is 4.25. The highest BCUT2D eigenvalue weighted by Gasteiger charge is 2.27. The van der Waals surface area contributed by atoms with Crippen molar-refractivity contribution in [2.45, 2.75) is 31.7 Å². The van der Waals surface area contributed by atoms with Crippen molar-refractivity contribution >= 4 is 5.82 Å². The molecule has 0 amide bonds. The molecule has 1 fully saturated rings. The predicted octanol–water partition coefficient (Wildman–Crippen LogP) is 0.431. The van der Waals surface area contributed by atoms with E-state index in [-0.39, 0.29) is 11.6 Å². The first-order valence-corrected chi connectivity index (χ1v) is 5.66. The number of hydrogen-bond donors (Lipinski definition) is 2. The van der Waals surface area contributed by atoms with Crippen LogP contribution >= 0.6 is 0 Å². The summed E-state index contributed by atoms with van der Waals surface area (Å²) in [6, 6.07) is 1.71. The number of likely N-dealkylation sites (N-methyl/N-ethyl adjacent to an activating group) is 1. The fourth-order valence-corrected chi connectivity index (χ4v) is 1.58. The van der Waals surface area contributed by atoms with Crippen LogP contribution in [0.2, 0.25) is 0 Å². The molecule has 1 aromatic rings. The number of H-pyrrole nitrogens is 1. The van der Waals surface area contributed by atoms with Crippen LogP contribution in [0, 0.1) is 0 Å². The second-order valence-electron chi connectivity index (χ2n) is 4.46. The fourth-order valence-electron chi connectivity index (χ4n) is 1.58. The number of aromatic nitrogens is 2. The van der Waals surface area contributed by atoms with E-state index in [9.17, 15) is 4.79 Å². The van der Waals surface area contributed by atoms with Gasteiger partial charge in [-0.1, -0.05) is 0 Å². The van der Waals surface area contributed by atoms with Gasteiger partial charge in [0.05, 0.1) is 0 Å². The highest BCUT2D eigenvalue weighted by atomic mass is 16.1. The van der Waals surface area contributed by atoms with E-state index in [2.05, 4.69) is 9.97 Å². The largest absolute Gasteiger partial charge is 0.355 e. The van der Waals surface area contributed by atoms with Gasteiger partial charge in [-0.15, -0.1) is 0 Å². The Bertz CT molecular complexity index is 424. The zero-order valence-electron chi connectivity index (χ0n) is 9.73. The first kappa shape index (κ1) is 11.1. The Morgan fingerprint density at radius 1 is 1.69 bits per heavy atom. The van der Waals surface area contributed by atoms with Crippen molar-refractivity contribution in [1.29, 1.82) is 0 Å². The van der Waals surface area contributed by atoms with Crippen LogP contribution in [0.4, 0.5) is 5.82 Å². The molecule has 5 heteroatoms. The van der Waals surface area contributed by atoms with Gasteiger partial charge in [0, 0.05) is 31.6 Å². The van der Waals surface area contributed by atoms with Gasteiger partial charge < -0.3 is 15.6 Å². The quantitative estimate of drug-likeness (QED) is 0.774. The lowest BCUT2D eigenvalue weighted by molar-refractivity contribution is 0.682. The van der Waals surface area contributed by atoms with E-state index in [0.717, 1.165) is 18.7 Å². The fraction of sp³-hybridized carbons (Fsp3) is 0.636. The topological polar surface area (TPSA) is 75.0 Å². The molecule has 1 atom stereocenters. The molecule has 1 aliphatic carbocycles. The molecule has 1 heterocycles. The average Bonchev–Trinajstić information content (AvgIpc) is 3.10. The highest BCUT2D eigenvalue weighted by molar-refractivity contribution is 5.38. The van der Waals surface area contributed by atoms with Crippen molar-refractivity contribution < 1.29 is 0 Å². The van der Waals surface area contributed by atoms with Crippen LogP contribution in [0.5, 0.6) is 0 Å². The molecule has 1 saturated carbocycles. The lowest BCUT2D eigenvalue weighted by Crippen LogP contribution is -2.36. The highest BCUT2D eigenvalue weighted by Crippen LogP contribution is 2.37. The summed E-state index contributed by atoms with van der Waals surface area (Å²) in [6.45, 7) is 2.56. The van der Waals surface area contributed by atoms with Crippen molar-refractivity contribution in [3.63, 3.8) is 0 Å². The van der Waals surface area contributed by atoms with Crippen LogP contribution < -0.4 is 16.2 Å². The first-order valence-electron chi connectivity index (χ1n) is 5.66. The summed E-state index contributed by atoms with van der Waals surface area (Å²) in [5.41, 5.74) is 5.52. The van der Waals surface area contributed by atoms with E-state index in [4.69, 9.17) is 5.73 Å². The standard InChI is InChI=1S/C11H18N4O/c1-7(6-12)15(2)9-5-10(16)14-11(13-9)8-3-4-8/h5,7-8H,3-4,6,12H2,1-2H3,(H,13,14,16). The monoisotopic (exact) mass is 222 g/mol. The zero-order chi connectivity index (χ0) is 11.7. The number of rotatable bonds is 4. The van der Waals surface area contributed by atoms with Gasteiger partial charge in [-0.2, -0.15) is 0 Å². The molecule has 0 spiro atoms. The maximum Gasteiger partial charge on any atom is 0.252 e. The van der Waals surface area contributed by atoms with Crippen LogP contribution in [0.3, 0.4) is 0 Å². The number of nitrogens with two attached hydrogens (primary N) is 1. The van der Waals surface area contributed by atoms with Gasteiger partial charge in [-0.25, -0.2) is 4.98 Å². The molecule has 5 nitrogen and oxygen atoms in total. The van der Waals surface area contributed by atoms with Crippen LogP contribution in [0.25, 0.3) is 0 Å². The Labute approximate surface area is 94.7 Å². The summed E-state index contributed by atoms with van der Waals surface area (Å²) >= 11 is 0. The maximum atomic E-state index is 11.5. The molecule has 2 rings (SSSR count). The van der Waals surface area contributed by atoms with E-state index in [1.165, 1.54) is 6.07 Å². The number of hydrogen-bond acceptors (Lipinski definition) is 4. The summed E-state index contributed by atoms with van der Waals surface area (Å²) in [4.78, 5) is 20.7. The van der Waals surface area contributed by atoms with Crippen molar-refractivity contribution in [1.82, 2.24) is 9.97 Å². The Morgan fingerprint density at radius 2 is 2.38 bits per heavy atom. The summed E-state index contributed by atoms with van der Waals surface area (Å²) in [6.07, 6.45) is 2.26. The first-order chi connectivity index (χ1) is 7.61. The third-order valence-corrected chi connectivity index (χ3v) is 3.07. The number of nitrogens with one attached hydrogen (secondary N) is 1. The average molecular weight is 222 g/mol. The number of anilines is 1. The van der Waals surface area contributed by atoms with Gasteiger partial charge in [0.1, 0.15) is 11.6 Å². The molecule has 1 aromatic heterocycles. The van der Waals surface area contributed by atoms with Gasteiger partial charge in [0.15, 0.2) is 0 Å². The SMILES string of the molecule is CC(CN)N(C)c1cc(=O)[nH]c(C2CC2)n1. The van der Waals surface area contributed by atoms with E-state index < -0.39 is 0 Å². The molecule has 0 aromatic carbocycles. The Morgan fingerprint density at radius 3 is 2.94 bits per heavy atom. The lowest BCUT2D eigenvalue weighted by Gasteiger charge is -2.24. The molecule has 0 aliphatic heterocycles.